The fourth-order valence-corrected chi connectivity index (χ4v) is 4.62. The molecule has 7 nitrogen and oxygen atoms in total. The number of nitrogens with zero attached hydrogens (tertiary/aromatic N) is 3. The van der Waals surface area contributed by atoms with Crippen molar-refractivity contribution in [3.8, 4) is 0 Å². The smallest absolute Gasteiger partial charge is 0.244 e. The summed E-state index contributed by atoms with van der Waals surface area (Å²) in [6.45, 7) is 1.67. The first-order valence-electron chi connectivity index (χ1n) is 8.77. The monoisotopic (exact) mass is 371 g/mol. The zero-order chi connectivity index (χ0) is 18.0. The minimum absolute atomic E-state index is 0.244. The summed E-state index contributed by atoms with van der Waals surface area (Å²) >= 11 is 0. The Kier molecular flexibility index (Phi) is 4.60. The highest BCUT2D eigenvalue weighted by Crippen LogP contribution is 2.21. The molecule has 0 saturated carbocycles. The van der Waals surface area contributed by atoms with Crippen molar-refractivity contribution in [2.45, 2.75) is 30.7 Å². The van der Waals surface area contributed by atoms with E-state index < -0.39 is 10.0 Å². The van der Waals surface area contributed by atoms with Gasteiger partial charge < -0.3 is 10.3 Å². The fourth-order valence-electron chi connectivity index (χ4n) is 3.16. The van der Waals surface area contributed by atoms with Gasteiger partial charge in [-0.05, 0) is 37.1 Å². The summed E-state index contributed by atoms with van der Waals surface area (Å²) in [5.41, 5.74) is 1.90. The van der Waals surface area contributed by atoms with Crippen molar-refractivity contribution in [1.82, 2.24) is 19.3 Å². The van der Waals surface area contributed by atoms with Gasteiger partial charge in [-0.1, -0.05) is 18.6 Å². The molecule has 0 radical (unpaired) electrons. The molecule has 0 spiro atoms. The van der Waals surface area contributed by atoms with Crippen molar-refractivity contribution in [3.63, 3.8) is 0 Å². The van der Waals surface area contributed by atoms with E-state index in [9.17, 15) is 8.42 Å². The maximum Gasteiger partial charge on any atom is 0.244 e. The first-order valence-corrected chi connectivity index (χ1v) is 10.2. The van der Waals surface area contributed by atoms with Crippen molar-refractivity contribution in [2.24, 2.45) is 0 Å². The second-order valence-electron chi connectivity index (χ2n) is 6.40. The molecule has 2 aromatic heterocycles. The first kappa shape index (κ1) is 17.0. The number of imidazole rings is 1. The van der Waals surface area contributed by atoms with Gasteiger partial charge in [0, 0.05) is 19.3 Å². The highest BCUT2D eigenvalue weighted by molar-refractivity contribution is 7.89. The summed E-state index contributed by atoms with van der Waals surface area (Å²) in [6.07, 6.45) is 4.35. The van der Waals surface area contributed by atoms with Crippen LogP contribution in [0.4, 0.5) is 5.82 Å². The predicted molar refractivity (Wildman–Crippen MR) is 100 cm³/mol. The molecule has 3 aromatic rings. The Bertz CT molecular complexity index is 959. The predicted octanol–water partition coefficient (Wildman–Crippen LogP) is 2.74. The number of aromatic nitrogens is 3. The van der Waals surface area contributed by atoms with Crippen LogP contribution in [0.2, 0.25) is 0 Å². The summed E-state index contributed by atoms with van der Waals surface area (Å²) in [7, 11) is -3.44. The molecule has 0 bridgehead atoms. The Morgan fingerprint density at radius 1 is 1.08 bits per heavy atom. The van der Waals surface area contributed by atoms with Crippen LogP contribution in [0.25, 0.3) is 11.0 Å². The van der Waals surface area contributed by atoms with Gasteiger partial charge in [0.1, 0.15) is 16.5 Å². The van der Waals surface area contributed by atoms with Crippen LogP contribution in [0.15, 0.2) is 47.5 Å². The van der Waals surface area contributed by atoms with E-state index >= 15 is 0 Å². The van der Waals surface area contributed by atoms with Crippen LogP contribution in [0.3, 0.4) is 0 Å². The van der Waals surface area contributed by atoms with Crippen molar-refractivity contribution in [3.05, 3.63) is 48.4 Å². The van der Waals surface area contributed by atoms with Crippen LogP contribution in [0.1, 0.15) is 25.1 Å². The van der Waals surface area contributed by atoms with Gasteiger partial charge in [-0.2, -0.15) is 4.31 Å². The molecule has 136 valence electrons. The van der Waals surface area contributed by atoms with Crippen LogP contribution < -0.4 is 5.32 Å². The number of sulfonamides is 1. The summed E-state index contributed by atoms with van der Waals surface area (Å²) in [4.78, 5) is 12.2. The molecule has 1 saturated heterocycles. The van der Waals surface area contributed by atoms with Gasteiger partial charge in [0.05, 0.1) is 17.6 Å². The quantitative estimate of drug-likeness (QED) is 0.720. The number of pyridine rings is 1. The molecule has 8 heteroatoms. The molecule has 2 N–H and O–H groups in total. The lowest BCUT2D eigenvalue weighted by Gasteiger charge is -2.25. The van der Waals surface area contributed by atoms with Gasteiger partial charge in [0.2, 0.25) is 10.0 Å². The number of hydrogen-bond donors (Lipinski definition) is 2. The normalized spacial score (nSPS) is 16.0. The average molecular weight is 371 g/mol. The van der Waals surface area contributed by atoms with Gasteiger partial charge in [-0.3, -0.25) is 0 Å². The number of rotatable bonds is 5. The van der Waals surface area contributed by atoms with E-state index in [2.05, 4.69) is 20.3 Å². The van der Waals surface area contributed by atoms with E-state index in [1.165, 1.54) is 6.20 Å². The fraction of sp³-hybridized carbons (Fsp3) is 0.333. The molecule has 0 unspecified atom stereocenters. The lowest BCUT2D eigenvalue weighted by atomic mass is 10.2. The second kappa shape index (κ2) is 7.05. The number of piperidine rings is 1. The molecule has 0 atom stereocenters. The number of hydrogen-bond acceptors (Lipinski definition) is 5. The SMILES string of the molecule is O=S(=O)(c1ccc(NCc2nc3ccccc3[nH]2)nc1)N1CCCCC1. The zero-order valence-corrected chi connectivity index (χ0v) is 15.2. The standard InChI is InChI=1S/C18H21N5O2S/c24-26(25,23-10-4-1-5-11-23)14-8-9-17(19-12-14)20-13-18-21-15-6-2-3-7-16(15)22-18/h2-3,6-9,12H,1,4-5,10-11,13H2,(H,19,20)(H,21,22). The molecular formula is C18H21N5O2S. The van der Waals surface area contributed by atoms with E-state index in [0.29, 0.717) is 25.5 Å². The number of anilines is 1. The van der Waals surface area contributed by atoms with Crippen LogP contribution >= 0.6 is 0 Å². The Hall–Kier alpha value is -2.45. The number of para-hydroxylation sites is 2. The highest BCUT2D eigenvalue weighted by atomic mass is 32.2. The summed E-state index contributed by atoms with van der Waals surface area (Å²) in [5, 5.41) is 3.17. The molecular weight excluding hydrogens is 350 g/mol. The Morgan fingerprint density at radius 3 is 2.62 bits per heavy atom. The molecule has 26 heavy (non-hydrogen) atoms. The topological polar surface area (TPSA) is 91.0 Å². The zero-order valence-electron chi connectivity index (χ0n) is 14.4. The van der Waals surface area contributed by atoms with Gasteiger partial charge in [0.15, 0.2) is 0 Å². The third kappa shape index (κ3) is 3.42. The van der Waals surface area contributed by atoms with Crippen LogP contribution in [-0.2, 0) is 16.6 Å². The van der Waals surface area contributed by atoms with E-state index in [0.717, 1.165) is 36.1 Å². The van der Waals surface area contributed by atoms with Gasteiger partial charge in [-0.15, -0.1) is 0 Å². The molecule has 3 heterocycles. The molecule has 0 aliphatic carbocycles. The number of H-pyrrole nitrogens is 1. The van der Waals surface area contributed by atoms with Crippen molar-refractivity contribution < 1.29 is 8.42 Å². The third-order valence-corrected chi connectivity index (χ3v) is 6.45. The summed E-state index contributed by atoms with van der Waals surface area (Å²) < 4.78 is 26.8. The maximum atomic E-state index is 12.6. The largest absolute Gasteiger partial charge is 0.363 e. The molecule has 1 fully saturated rings. The number of aromatic amines is 1. The third-order valence-electron chi connectivity index (χ3n) is 4.56. The summed E-state index contributed by atoms with van der Waals surface area (Å²) in [5.74, 6) is 1.42. The van der Waals surface area contributed by atoms with Crippen molar-refractivity contribution in [1.29, 1.82) is 0 Å². The van der Waals surface area contributed by atoms with Gasteiger partial charge in [-0.25, -0.2) is 18.4 Å². The Balaban J connectivity index is 1.44. The van der Waals surface area contributed by atoms with Crippen LogP contribution in [0, 0.1) is 0 Å². The number of nitrogens with one attached hydrogen (secondary N) is 2. The molecule has 1 aliphatic heterocycles. The average Bonchev–Trinajstić information content (AvgIpc) is 3.10. The molecule has 4 rings (SSSR count). The highest BCUT2D eigenvalue weighted by Gasteiger charge is 2.26. The van der Waals surface area contributed by atoms with Gasteiger partial charge in [0.25, 0.3) is 0 Å². The minimum Gasteiger partial charge on any atom is -0.363 e. The van der Waals surface area contributed by atoms with E-state index in [1.807, 2.05) is 24.3 Å². The molecule has 1 aliphatic rings. The van der Waals surface area contributed by atoms with E-state index in [1.54, 1.807) is 16.4 Å². The summed E-state index contributed by atoms with van der Waals surface area (Å²) in [6, 6.07) is 11.1. The van der Waals surface area contributed by atoms with Crippen molar-refractivity contribution >= 4 is 26.9 Å². The first-order chi connectivity index (χ1) is 12.6. The Morgan fingerprint density at radius 2 is 1.88 bits per heavy atom. The van der Waals surface area contributed by atoms with Gasteiger partial charge >= 0.3 is 0 Å². The van der Waals surface area contributed by atoms with Crippen molar-refractivity contribution in [2.75, 3.05) is 18.4 Å². The minimum atomic E-state index is -3.44. The lowest BCUT2D eigenvalue weighted by Crippen LogP contribution is -2.35. The molecule has 0 amide bonds. The van der Waals surface area contributed by atoms with Crippen LogP contribution in [0.5, 0.6) is 0 Å². The molecule has 1 aromatic carbocycles. The lowest BCUT2D eigenvalue weighted by molar-refractivity contribution is 0.346. The van der Waals surface area contributed by atoms with Crippen LogP contribution in [-0.4, -0.2) is 40.8 Å². The second-order valence-corrected chi connectivity index (χ2v) is 8.34. The number of benzene rings is 1. The van der Waals surface area contributed by atoms with E-state index in [4.69, 9.17) is 0 Å². The Labute approximate surface area is 152 Å². The number of fused-ring (bicyclic) bond motifs is 1. The van der Waals surface area contributed by atoms with E-state index in [-0.39, 0.29) is 4.90 Å². The maximum absolute atomic E-state index is 12.6.